The summed E-state index contributed by atoms with van der Waals surface area (Å²) in [7, 11) is 0. The molecule has 0 heterocycles. The summed E-state index contributed by atoms with van der Waals surface area (Å²) in [5, 5.41) is 11.6. The normalized spacial score (nSPS) is 11.0. The van der Waals surface area contributed by atoms with Gasteiger partial charge in [-0.25, -0.2) is 0 Å². The Balaban J connectivity index is 2.38. The number of hydrogen-bond acceptors (Lipinski definition) is 3. The van der Waals surface area contributed by atoms with E-state index in [2.05, 4.69) is 5.32 Å². The summed E-state index contributed by atoms with van der Waals surface area (Å²) >= 11 is 0. The maximum absolute atomic E-state index is 11.9. The maximum atomic E-state index is 11.9. The molecule has 0 radical (unpaired) electrons. The summed E-state index contributed by atoms with van der Waals surface area (Å²) in [6.45, 7) is 0.398. The van der Waals surface area contributed by atoms with Crippen molar-refractivity contribution < 1.29 is 13.2 Å². The largest absolute Gasteiger partial charge is 0.397 e. The van der Waals surface area contributed by atoms with Gasteiger partial charge < -0.3 is 11.1 Å². The number of hydrogen-bond donors (Lipinski definition) is 2. The van der Waals surface area contributed by atoms with E-state index >= 15 is 0 Å². The molecule has 0 aromatic heterocycles. The van der Waals surface area contributed by atoms with E-state index in [0.717, 1.165) is 0 Å². The topological polar surface area (TPSA) is 61.8 Å². The van der Waals surface area contributed by atoms with Crippen molar-refractivity contribution in [1.29, 1.82) is 5.26 Å². The molecule has 0 atom stereocenters. The smallest absolute Gasteiger partial charge is 0.389 e. The van der Waals surface area contributed by atoms with Gasteiger partial charge in [-0.05, 0) is 31.0 Å². The van der Waals surface area contributed by atoms with E-state index < -0.39 is 12.6 Å². The summed E-state index contributed by atoms with van der Waals surface area (Å²) in [5.74, 6) is 0. The lowest BCUT2D eigenvalue weighted by atomic mass is 10.2. The number of benzene rings is 1. The van der Waals surface area contributed by atoms with Crippen molar-refractivity contribution in [1.82, 2.24) is 0 Å². The molecular weight excluding hydrogens is 243 g/mol. The minimum absolute atomic E-state index is 0.0777. The highest BCUT2D eigenvalue weighted by molar-refractivity contribution is 5.68. The summed E-state index contributed by atoms with van der Waals surface area (Å²) < 4.78 is 35.7. The van der Waals surface area contributed by atoms with Gasteiger partial charge >= 0.3 is 6.18 Å². The van der Waals surface area contributed by atoms with Crippen LogP contribution in [0.1, 0.15) is 24.8 Å². The van der Waals surface area contributed by atoms with E-state index in [1.54, 1.807) is 18.2 Å². The number of anilines is 2. The lowest BCUT2D eigenvalue weighted by Crippen LogP contribution is -2.09. The van der Waals surface area contributed by atoms with E-state index in [4.69, 9.17) is 11.0 Å². The molecule has 0 spiro atoms. The Hall–Kier alpha value is -1.90. The van der Waals surface area contributed by atoms with E-state index in [9.17, 15) is 13.2 Å². The van der Waals surface area contributed by atoms with Crippen molar-refractivity contribution in [3.05, 3.63) is 23.8 Å². The summed E-state index contributed by atoms with van der Waals surface area (Å²) in [6.07, 6.45) is -4.40. The zero-order valence-corrected chi connectivity index (χ0v) is 9.72. The Bertz CT molecular complexity index is 435. The Labute approximate surface area is 103 Å². The second kappa shape index (κ2) is 6.15. The van der Waals surface area contributed by atoms with Crippen molar-refractivity contribution >= 4 is 11.4 Å². The molecule has 3 nitrogen and oxygen atoms in total. The van der Waals surface area contributed by atoms with Crippen LogP contribution in [0.5, 0.6) is 0 Å². The minimum Gasteiger partial charge on any atom is -0.397 e. The third kappa shape index (κ3) is 4.95. The molecule has 0 bridgehead atoms. The maximum Gasteiger partial charge on any atom is 0.389 e. The fourth-order valence-corrected chi connectivity index (χ4v) is 1.45. The fraction of sp³-hybridized carbons (Fsp3) is 0.417. The molecule has 0 fully saturated rings. The van der Waals surface area contributed by atoms with Crippen LogP contribution in [0.25, 0.3) is 0 Å². The van der Waals surface area contributed by atoms with Crippen molar-refractivity contribution in [3.8, 4) is 6.07 Å². The Morgan fingerprint density at radius 1 is 1.28 bits per heavy atom. The summed E-state index contributed by atoms with van der Waals surface area (Å²) in [4.78, 5) is 0. The molecule has 0 amide bonds. The highest BCUT2D eigenvalue weighted by Gasteiger charge is 2.25. The van der Waals surface area contributed by atoms with Crippen LogP contribution < -0.4 is 11.1 Å². The average molecular weight is 257 g/mol. The summed E-state index contributed by atoms with van der Waals surface area (Å²) in [5.41, 5.74) is 7.20. The predicted molar refractivity (Wildman–Crippen MR) is 64.0 cm³/mol. The zero-order chi connectivity index (χ0) is 13.6. The number of nitriles is 1. The number of nitrogens with zero attached hydrogens (tertiary/aromatic N) is 1. The highest BCUT2D eigenvalue weighted by atomic mass is 19.4. The van der Waals surface area contributed by atoms with Gasteiger partial charge in [-0.2, -0.15) is 18.4 Å². The standard InChI is InChI=1S/C12H14F3N3/c13-12(14,15)5-1-2-6-18-11-7-9(8-16)3-4-10(11)17/h3-4,7,18H,1-2,5-6,17H2. The minimum atomic E-state index is -4.10. The first-order chi connectivity index (χ1) is 8.42. The number of nitrogens with two attached hydrogens (primary N) is 1. The van der Waals surface area contributed by atoms with Gasteiger partial charge in [0.25, 0.3) is 0 Å². The second-order valence-corrected chi connectivity index (χ2v) is 3.91. The number of alkyl halides is 3. The zero-order valence-electron chi connectivity index (χ0n) is 9.72. The van der Waals surface area contributed by atoms with Crippen molar-refractivity contribution in [2.75, 3.05) is 17.6 Å². The van der Waals surface area contributed by atoms with Crippen LogP contribution in [-0.2, 0) is 0 Å². The van der Waals surface area contributed by atoms with Crippen LogP contribution in [0.4, 0.5) is 24.5 Å². The first-order valence-corrected chi connectivity index (χ1v) is 5.52. The average Bonchev–Trinajstić information content (AvgIpc) is 2.29. The number of rotatable bonds is 5. The first-order valence-electron chi connectivity index (χ1n) is 5.52. The predicted octanol–water partition coefficient (Wildman–Crippen LogP) is 3.28. The van der Waals surface area contributed by atoms with E-state index in [1.807, 2.05) is 6.07 Å². The number of halogens is 3. The molecule has 0 saturated heterocycles. The Morgan fingerprint density at radius 2 is 2.00 bits per heavy atom. The molecular formula is C12H14F3N3. The van der Waals surface area contributed by atoms with Gasteiger partial charge in [0.05, 0.1) is 23.0 Å². The van der Waals surface area contributed by atoms with Crippen molar-refractivity contribution in [3.63, 3.8) is 0 Å². The third-order valence-corrected chi connectivity index (χ3v) is 2.38. The molecule has 1 rings (SSSR count). The van der Waals surface area contributed by atoms with Crippen LogP contribution in [0, 0.1) is 11.3 Å². The Kier molecular flexibility index (Phi) is 4.84. The molecule has 18 heavy (non-hydrogen) atoms. The van der Waals surface area contributed by atoms with E-state index in [1.165, 1.54) is 0 Å². The van der Waals surface area contributed by atoms with Gasteiger partial charge in [-0.3, -0.25) is 0 Å². The van der Waals surface area contributed by atoms with Gasteiger partial charge in [-0.1, -0.05) is 0 Å². The van der Waals surface area contributed by atoms with Crippen LogP contribution in [0.15, 0.2) is 18.2 Å². The molecule has 0 aliphatic rings. The molecule has 1 aromatic rings. The molecule has 98 valence electrons. The van der Waals surface area contributed by atoms with Crippen molar-refractivity contribution in [2.24, 2.45) is 0 Å². The monoisotopic (exact) mass is 257 g/mol. The van der Waals surface area contributed by atoms with Crippen LogP contribution in [0.3, 0.4) is 0 Å². The first kappa shape index (κ1) is 14.2. The lowest BCUT2D eigenvalue weighted by Gasteiger charge is -2.10. The molecule has 0 saturated carbocycles. The lowest BCUT2D eigenvalue weighted by molar-refractivity contribution is -0.135. The number of nitrogens with one attached hydrogen (secondary N) is 1. The molecule has 0 aliphatic carbocycles. The van der Waals surface area contributed by atoms with Gasteiger partial charge in [-0.15, -0.1) is 0 Å². The molecule has 0 aliphatic heterocycles. The number of unbranched alkanes of at least 4 members (excludes halogenated alkanes) is 1. The molecule has 3 N–H and O–H groups in total. The number of nitrogen functional groups attached to an aromatic ring is 1. The molecule has 6 heteroatoms. The van der Waals surface area contributed by atoms with Crippen LogP contribution in [0.2, 0.25) is 0 Å². The fourth-order valence-electron chi connectivity index (χ4n) is 1.45. The van der Waals surface area contributed by atoms with E-state index in [-0.39, 0.29) is 6.42 Å². The molecule has 0 unspecified atom stereocenters. The van der Waals surface area contributed by atoms with Gasteiger partial charge in [0.15, 0.2) is 0 Å². The molecule has 1 aromatic carbocycles. The van der Waals surface area contributed by atoms with E-state index in [0.29, 0.717) is 29.9 Å². The van der Waals surface area contributed by atoms with Gasteiger partial charge in [0.2, 0.25) is 0 Å². The van der Waals surface area contributed by atoms with Crippen LogP contribution >= 0.6 is 0 Å². The van der Waals surface area contributed by atoms with Gasteiger partial charge in [0, 0.05) is 13.0 Å². The second-order valence-electron chi connectivity index (χ2n) is 3.91. The third-order valence-electron chi connectivity index (χ3n) is 2.38. The van der Waals surface area contributed by atoms with Crippen molar-refractivity contribution in [2.45, 2.75) is 25.4 Å². The van der Waals surface area contributed by atoms with Crippen LogP contribution in [-0.4, -0.2) is 12.7 Å². The summed E-state index contributed by atoms with van der Waals surface area (Å²) in [6, 6.07) is 6.74. The Morgan fingerprint density at radius 3 is 2.61 bits per heavy atom. The highest BCUT2D eigenvalue weighted by Crippen LogP contribution is 2.23. The van der Waals surface area contributed by atoms with Gasteiger partial charge in [0.1, 0.15) is 0 Å². The SMILES string of the molecule is N#Cc1ccc(N)c(NCCCCC(F)(F)F)c1. The quantitative estimate of drug-likeness (QED) is 0.628.